The topological polar surface area (TPSA) is 185 Å². The molecule has 0 aliphatic carbocycles. The summed E-state index contributed by atoms with van der Waals surface area (Å²) in [4.78, 5) is 78.9. The Labute approximate surface area is 342 Å². The summed E-state index contributed by atoms with van der Waals surface area (Å²) in [7, 11) is 6.18. The third kappa shape index (κ3) is 14.5. The van der Waals surface area contributed by atoms with Crippen LogP contribution in [0.5, 0.6) is 5.75 Å². The van der Waals surface area contributed by atoms with Crippen LogP contribution in [0.4, 0.5) is 5.69 Å². The number of amides is 5. The van der Waals surface area contributed by atoms with Gasteiger partial charge in [-0.05, 0) is 51.3 Å². The Morgan fingerprint density at radius 2 is 1.61 bits per heavy atom. The minimum atomic E-state index is -1.06. The molecule has 1 aliphatic heterocycles. The number of nitrogens with zero attached hydrogens (tertiary/aromatic N) is 2. The van der Waals surface area contributed by atoms with Crippen molar-refractivity contribution in [2.75, 3.05) is 52.8 Å². The van der Waals surface area contributed by atoms with E-state index in [1.54, 1.807) is 28.0 Å². The molecule has 57 heavy (non-hydrogen) atoms. The van der Waals surface area contributed by atoms with E-state index in [4.69, 9.17) is 30.5 Å². The van der Waals surface area contributed by atoms with Crippen molar-refractivity contribution >= 4 is 52.8 Å². The van der Waals surface area contributed by atoms with Crippen LogP contribution < -0.4 is 25.6 Å². The summed E-state index contributed by atoms with van der Waals surface area (Å²) in [5, 5.41) is 7.59. The van der Waals surface area contributed by atoms with Crippen LogP contribution in [0.1, 0.15) is 79.2 Å². The summed E-state index contributed by atoms with van der Waals surface area (Å²) in [5.41, 5.74) is 0.244. The lowest BCUT2D eigenvalue weighted by molar-refractivity contribution is -0.162. The number of epoxide rings is 1. The molecular weight excluding hydrogens is 758 g/mol. The molecule has 318 valence electrons. The number of methoxy groups -OCH3 is 2. The van der Waals surface area contributed by atoms with Crippen LogP contribution in [-0.4, -0.2) is 118 Å². The first kappa shape index (κ1) is 48.7. The molecule has 1 aromatic carbocycles. The molecular formula is C41H62ClN5O10. The molecule has 0 aromatic heterocycles. The molecule has 1 aromatic rings. The largest absolute Gasteiger partial charge is 0.495 e. The van der Waals surface area contributed by atoms with E-state index in [-0.39, 0.29) is 68.0 Å². The zero-order valence-corrected chi connectivity index (χ0v) is 35.8. The molecule has 5 amide bonds. The lowest BCUT2D eigenvalue weighted by atomic mass is 9.86. The second kappa shape index (κ2) is 23.7. The fraction of sp³-hybridized carbons (Fsp3) is 0.610. The van der Waals surface area contributed by atoms with E-state index in [0.717, 1.165) is 18.4 Å². The van der Waals surface area contributed by atoms with Crippen LogP contribution in [0.25, 0.3) is 0 Å². The summed E-state index contributed by atoms with van der Waals surface area (Å²) in [5.74, 6) is -2.64. The second-order valence-corrected chi connectivity index (χ2v) is 14.6. The normalized spacial score (nSPS) is 18.3. The zero-order valence-electron chi connectivity index (χ0n) is 35.1. The third-order valence-corrected chi connectivity index (χ3v) is 10.5. The molecule has 16 heteroatoms. The van der Waals surface area contributed by atoms with E-state index in [1.807, 2.05) is 50.3 Å². The molecule has 6 atom stereocenters. The van der Waals surface area contributed by atoms with Gasteiger partial charge in [-0.25, -0.2) is 4.79 Å². The van der Waals surface area contributed by atoms with Gasteiger partial charge in [0.1, 0.15) is 28.5 Å². The van der Waals surface area contributed by atoms with E-state index in [1.165, 1.54) is 30.9 Å². The van der Waals surface area contributed by atoms with Crippen molar-refractivity contribution in [1.82, 2.24) is 20.9 Å². The second-order valence-electron chi connectivity index (χ2n) is 14.2. The van der Waals surface area contributed by atoms with E-state index < -0.39 is 47.3 Å². The summed E-state index contributed by atoms with van der Waals surface area (Å²) in [6.07, 6.45) is 8.24. The molecule has 1 fully saturated rings. The van der Waals surface area contributed by atoms with Crippen molar-refractivity contribution < 1.29 is 47.7 Å². The standard InChI is InChI=1S/C41H62ClN5O10/c1-11-14-15-16-18-28-21-29(38(42)31(22-28)55-10)47(8)37(52)23-32(41(6)39(57-41)26(4)30(54-9)17-12-2)56-40(53)27(5)46(7)36(51)19-20-43-34(49)24-45-35(50)25-44-33(48)13-3/h11,14-16,21-22,26-27,30,32,39H,12-13,17-20,23-25H2,1-10H3,(H,43,49)(H,44,48)(H,45,50). The molecule has 0 spiro atoms. The van der Waals surface area contributed by atoms with Gasteiger partial charge in [-0.1, -0.05) is 63.1 Å². The minimum absolute atomic E-state index is 0.0554. The average Bonchev–Trinajstić information content (AvgIpc) is 3.90. The first-order valence-corrected chi connectivity index (χ1v) is 19.7. The molecule has 15 nitrogen and oxygen atoms in total. The molecule has 6 unspecified atom stereocenters. The van der Waals surface area contributed by atoms with Crippen LogP contribution in [0.3, 0.4) is 0 Å². The summed E-state index contributed by atoms with van der Waals surface area (Å²) in [6.45, 7) is 10.3. The van der Waals surface area contributed by atoms with Gasteiger partial charge in [0.25, 0.3) is 0 Å². The molecule has 2 rings (SSSR count). The first-order valence-electron chi connectivity index (χ1n) is 19.4. The minimum Gasteiger partial charge on any atom is -0.495 e. The predicted octanol–water partition coefficient (Wildman–Crippen LogP) is 3.89. The predicted molar refractivity (Wildman–Crippen MR) is 218 cm³/mol. The molecule has 1 aliphatic rings. The number of carbonyl (C=O) groups is 6. The number of carbonyl (C=O) groups excluding carboxylic acids is 6. The van der Waals surface area contributed by atoms with Crippen molar-refractivity contribution in [2.45, 2.75) is 110 Å². The van der Waals surface area contributed by atoms with Crippen molar-refractivity contribution in [3.8, 4) is 5.75 Å². The van der Waals surface area contributed by atoms with Crippen LogP contribution in [0.2, 0.25) is 5.02 Å². The molecule has 0 bridgehead atoms. The number of halogens is 1. The van der Waals surface area contributed by atoms with Crippen LogP contribution in [0, 0.1) is 5.92 Å². The van der Waals surface area contributed by atoms with Gasteiger partial charge in [-0.3, -0.25) is 24.0 Å². The number of hydrogen-bond donors (Lipinski definition) is 3. The Balaban J connectivity index is 2.21. The van der Waals surface area contributed by atoms with Gasteiger partial charge in [0.15, 0.2) is 0 Å². The number of anilines is 1. The van der Waals surface area contributed by atoms with Gasteiger partial charge in [0.05, 0.1) is 44.5 Å². The number of ether oxygens (including phenoxy) is 4. The number of rotatable bonds is 24. The van der Waals surface area contributed by atoms with Crippen molar-refractivity contribution in [1.29, 1.82) is 0 Å². The Hall–Kier alpha value is -4.47. The summed E-state index contributed by atoms with van der Waals surface area (Å²) >= 11 is 6.72. The highest BCUT2D eigenvalue weighted by molar-refractivity contribution is 6.35. The highest BCUT2D eigenvalue weighted by Crippen LogP contribution is 2.48. The van der Waals surface area contributed by atoms with Gasteiger partial charge >= 0.3 is 5.97 Å². The Bertz CT molecular complexity index is 1620. The lowest BCUT2D eigenvalue weighted by Gasteiger charge is -2.30. The number of hydrogen-bond acceptors (Lipinski definition) is 10. The van der Waals surface area contributed by atoms with Crippen molar-refractivity contribution in [3.63, 3.8) is 0 Å². The van der Waals surface area contributed by atoms with Gasteiger partial charge < -0.3 is 44.7 Å². The lowest BCUT2D eigenvalue weighted by Crippen LogP contribution is -2.47. The zero-order chi connectivity index (χ0) is 42.9. The number of nitrogens with one attached hydrogen (secondary N) is 3. The van der Waals surface area contributed by atoms with Crippen molar-refractivity contribution in [3.05, 3.63) is 47.0 Å². The fourth-order valence-corrected chi connectivity index (χ4v) is 6.56. The van der Waals surface area contributed by atoms with Crippen molar-refractivity contribution in [2.24, 2.45) is 5.92 Å². The van der Waals surface area contributed by atoms with E-state index >= 15 is 0 Å². The van der Waals surface area contributed by atoms with Gasteiger partial charge in [-0.2, -0.15) is 0 Å². The Morgan fingerprint density at radius 1 is 0.965 bits per heavy atom. The maximum absolute atomic E-state index is 14.1. The van der Waals surface area contributed by atoms with Gasteiger partial charge in [0.2, 0.25) is 29.5 Å². The monoisotopic (exact) mass is 819 g/mol. The van der Waals surface area contributed by atoms with Gasteiger partial charge in [0, 0.05) is 46.5 Å². The fourth-order valence-electron chi connectivity index (χ4n) is 6.24. The van der Waals surface area contributed by atoms with E-state index in [9.17, 15) is 28.8 Å². The SMILES string of the molecule is CC=CC=CCc1cc(OC)c(Cl)c(N(C)C(=O)CC(OC(=O)C(C)N(C)C(=O)CCNC(=O)CNC(=O)CNC(=O)CC)C2(C)OC2C(C)C(CCC)OC)c1. The van der Waals surface area contributed by atoms with Gasteiger partial charge in [-0.15, -0.1) is 0 Å². The molecule has 0 radical (unpaired) electrons. The molecule has 1 heterocycles. The van der Waals surface area contributed by atoms with Crippen LogP contribution in [-0.2, 0) is 49.4 Å². The number of likely N-dealkylation sites (N-methyl/N-ethyl adjacent to an activating group) is 1. The Kier molecular flexibility index (Phi) is 20.2. The quantitative estimate of drug-likeness (QED) is 0.0786. The summed E-state index contributed by atoms with van der Waals surface area (Å²) in [6, 6.07) is 2.57. The number of allylic oxidation sites excluding steroid dienone is 4. The highest BCUT2D eigenvalue weighted by atomic mass is 35.5. The number of benzene rings is 1. The molecule has 1 saturated heterocycles. The Morgan fingerprint density at radius 3 is 2.21 bits per heavy atom. The average molecular weight is 820 g/mol. The highest BCUT2D eigenvalue weighted by Gasteiger charge is 2.63. The first-order chi connectivity index (χ1) is 27.0. The van der Waals surface area contributed by atoms with Crippen LogP contribution in [0.15, 0.2) is 36.4 Å². The molecule has 3 N–H and O–H groups in total. The van der Waals surface area contributed by atoms with E-state index in [0.29, 0.717) is 17.9 Å². The third-order valence-electron chi connectivity index (χ3n) is 10.1. The molecule has 0 saturated carbocycles. The van der Waals surface area contributed by atoms with E-state index in [2.05, 4.69) is 22.9 Å². The number of esters is 1. The maximum Gasteiger partial charge on any atom is 0.328 e. The maximum atomic E-state index is 14.1. The smallest absolute Gasteiger partial charge is 0.328 e. The van der Waals surface area contributed by atoms with Crippen LogP contribution >= 0.6 is 11.6 Å². The summed E-state index contributed by atoms with van der Waals surface area (Å²) < 4.78 is 23.6.